The highest BCUT2D eigenvalue weighted by Crippen LogP contribution is 2.19. The average Bonchev–Trinajstić information content (AvgIpc) is 3.22. The van der Waals surface area contributed by atoms with Gasteiger partial charge in [0.2, 0.25) is 0 Å². The van der Waals surface area contributed by atoms with E-state index in [-0.39, 0.29) is 24.6 Å². The molecule has 0 bridgehead atoms. The van der Waals surface area contributed by atoms with Crippen LogP contribution in [0.25, 0.3) is 11.1 Å². The molecule has 1 aliphatic rings. The predicted octanol–water partition coefficient (Wildman–Crippen LogP) is 1.82. The third-order valence-electron chi connectivity index (χ3n) is 4.14. The maximum Gasteiger partial charge on any atom is 0.315 e. The summed E-state index contributed by atoms with van der Waals surface area (Å²) in [5.41, 5.74) is 3.16. The van der Waals surface area contributed by atoms with E-state index in [1.807, 2.05) is 49.8 Å². The molecule has 6 nitrogen and oxygen atoms in total. The number of aromatic nitrogens is 2. The first-order chi connectivity index (χ1) is 11.6. The van der Waals surface area contributed by atoms with Crippen molar-refractivity contribution in [3.8, 4) is 11.1 Å². The van der Waals surface area contributed by atoms with Crippen molar-refractivity contribution in [1.29, 1.82) is 0 Å². The molecule has 6 heteroatoms. The summed E-state index contributed by atoms with van der Waals surface area (Å²) in [6, 6.07) is 7.83. The van der Waals surface area contributed by atoms with E-state index in [4.69, 9.17) is 5.11 Å². The smallest absolute Gasteiger partial charge is 0.315 e. The van der Waals surface area contributed by atoms with Gasteiger partial charge < -0.3 is 15.7 Å². The lowest BCUT2D eigenvalue weighted by Gasteiger charge is -2.14. The molecule has 0 radical (unpaired) electrons. The van der Waals surface area contributed by atoms with Crippen LogP contribution in [0.2, 0.25) is 0 Å². The van der Waals surface area contributed by atoms with Crippen molar-refractivity contribution in [2.75, 3.05) is 6.61 Å². The van der Waals surface area contributed by atoms with Gasteiger partial charge in [-0.3, -0.25) is 4.68 Å². The third-order valence-corrected chi connectivity index (χ3v) is 4.14. The van der Waals surface area contributed by atoms with Crippen molar-refractivity contribution in [3.63, 3.8) is 0 Å². The third kappa shape index (κ3) is 4.02. The minimum absolute atomic E-state index is 0.0103. The summed E-state index contributed by atoms with van der Waals surface area (Å²) in [5, 5.41) is 19.1. The van der Waals surface area contributed by atoms with Gasteiger partial charge in [0.25, 0.3) is 0 Å². The molecule has 1 aromatic carbocycles. The lowest BCUT2D eigenvalue weighted by atomic mass is 10.1. The molecule has 1 aromatic heterocycles. The molecule has 24 heavy (non-hydrogen) atoms. The van der Waals surface area contributed by atoms with Crippen LogP contribution >= 0.6 is 0 Å². The lowest BCUT2D eigenvalue weighted by Crippen LogP contribution is -2.40. The zero-order valence-corrected chi connectivity index (χ0v) is 13.6. The molecule has 0 fully saturated rings. The maximum atomic E-state index is 12.0. The van der Waals surface area contributed by atoms with Gasteiger partial charge in [0.15, 0.2) is 0 Å². The number of hydrogen-bond acceptors (Lipinski definition) is 3. The Balaban J connectivity index is 1.53. The highest BCUT2D eigenvalue weighted by atomic mass is 16.3. The normalized spacial score (nSPS) is 19.4. The van der Waals surface area contributed by atoms with E-state index in [9.17, 15) is 4.79 Å². The highest BCUT2D eigenvalue weighted by Gasteiger charge is 2.19. The number of aliphatic hydroxyl groups excluding tert-OH is 1. The topological polar surface area (TPSA) is 79.2 Å². The molecule has 0 unspecified atom stereocenters. The van der Waals surface area contributed by atoms with Gasteiger partial charge in [0, 0.05) is 43.9 Å². The van der Waals surface area contributed by atoms with Gasteiger partial charge in [0.1, 0.15) is 0 Å². The van der Waals surface area contributed by atoms with Gasteiger partial charge in [-0.25, -0.2) is 4.79 Å². The van der Waals surface area contributed by atoms with Crippen molar-refractivity contribution in [1.82, 2.24) is 20.4 Å². The molecule has 2 atom stereocenters. The summed E-state index contributed by atoms with van der Waals surface area (Å²) in [4.78, 5) is 12.0. The van der Waals surface area contributed by atoms with Gasteiger partial charge in [0.05, 0.1) is 6.20 Å². The summed E-state index contributed by atoms with van der Waals surface area (Å²) in [5.74, 6) is 0.145. The molecule has 1 aliphatic carbocycles. The van der Waals surface area contributed by atoms with E-state index in [0.29, 0.717) is 6.54 Å². The molecule has 0 spiro atoms. The average molecular weight is 326 g/mol. The Morgan fingerprint density at radius 1 is 1.38 bits per heavy atom. The number of benzene rings is 1. The largest absolute Gasteiger partial charge is 0.396 e. The fraction of sp³-hybridized carbons (Fsp3) is 0.333. The van der Waals surface area contributed by atoms with Crippen LogP contribution in [0.3, 0.4) is 0 Å². The van der Waals surface area contributed by atoms with Crippen LogP contribution in [0, 0.1) is 5.92 Å². The first-order valence-corrected chi connectivity index (χ1v) is 8.05. The zero-order chi connectivity index (χ0) is 16.9. The van der Waals surface area contributed by atoms with Gasteiger partial charge >= 0.3 is 6.03 Å². The molecule has 2 aromatic rings. The highest BCUT2D eigenvalue weighted by molar-refractivity contribution is 5.74. The second kappa shape index (κ2) is 7.31. The molecule has 3 rings (SSSR count). The number of hydrogen-bond donors (Lipinski definition) is 3. The summed E-state index contributed by atoms with van der Waals surface area (Å²) < 4.78 is 1.77. The minimum Gasteiger partial charge on any atom is -0.396 e. The van der Waals surface area contributed by atoms with Crippen LogP contribution in [0.1, 0.15) is 12.0 Å². The van der Waals surface area contributed by atoms with Gasteiger partial charge in [-0.1, -0.05) is 30.4 Å². The van der Waals surface area contributed by atoms with E-state index >= 15 is 0 Å². The van der Waals surface area contributed by atoms with E-state index in [1.54, 1.807) is 4.68 Å². The van der Waals surface area contributed by atoms with Crippen LogP contribution in [0.4, 0.5) is 4.79 Å². The van der Waals surface area contributed by atoms with Crippen molar-refractivity contribution in [2.45, 2.75) is 19.0 Å². The SMILES string of the molecule is Cn1cc(-c2cccc(CNC(=O)N[C@@H]3C=C[C@H](CO)C3)c2)cn1. The Bertz CT molecular complexity index is 738. The number of aliphatic hydroxyl groups is 1. The van der Waals surface area contributed by atoms with Crippen molar-refractivity contribution < 1.29 is 9.90 Å². The number of urea groups is 1. The number of nitrogens with zero attached hydrogens (tertiary/aromatic N) is 2. The minimum atomic E-state index is -0.199. The molecular formula is C18H22N4O2. The number of amides is 2. The predicted molar refractivity (Wildman–Crippen MR) is 92.1 cm³/mol. The molecule has 126 valence electrons. The first-order valence-electron chi connectivity index (χ1n) is 8.05. The van der Waals surface area contributed by atoms with Gasteiger partial charge in [-0.05, 0) is 23.6 Å². The molecule has 0 aliphatic heterocycles. The van der Waals surface area contributed by atoms with Crippen LogP contribution in [0.5, 0.6) is 0 Å². The van der Waals surface area contributed by atoms with Crippen molar-refractivity contribution >= 4 is 6.03 Å². The summed E-state index contributed by atoms with van der Waals surface area (Å²) in [7, 11) is 1.89. The Morgan fingerprint density at radius 2 is 2.25 bits per heavy atom. The molecule has 1 heterocycles. The van der Waals surface area contributed by atoms with Crippen molar-refractivity contribution in [2.24, 2.45) is 13.0 Å². The maximum absolute atomic E-state index is 12.0. The molecule has 2 amide bonds. The fourth-order valence-corrected chi connectivity index (χ4v) is 2.85. The molecule has 0 saturated carbocycles. The Hall–Kier alpha value is -2.60. The molecule has 3 N–H and O–H groups in total. The molecule has 0 saturated heterocycles. The van der Waals surface area contributed by atoms with E-state index in [1.165, 1.54) is 0 Å². The van der Waals surface area contributed by atoms with E-state index < -0.39 is 0 Å². The summed E-state index contributed by atoms with van der Waals surface area (Å²) >= 11 is 0. The van der Waals surface area contributed by atoms with Crippen LogP contribution in [0.15, 0.2) is 48.8 Å². The van der Waals surface area contributed by atoms with E-state index in [2.05, 4.69) is 21.8 Å². The Kier molecular flexibility index (Phi) is 4.96. The van der Waals surface area contributed by atoms with Crippen LogP contribution < -0.4 is 10.6 Å². The lowest BCUT2D eigenvalue weighted by molar-refractivity contribution is 0.231. The second-order valence-electron chi connectivity index (χ2n) is 6.10. The Morgan fingerprint density at radius 3 is 2.96 bits per heavy atom. The summed E-state index contributed by atoms with van der Waals surface area (Å²) in [6.45, 7) is 0.581. The van der Waals surface area contributed by atoms with E-state index in [0.717, 1.165) is 23.1 Å². The Labute approximate surface area is 141 Å². The fourth-order valence-electron chi connectivity index (χ4n) is 2.85. The quantitative estimate of drug-likeness (QED) is 0.733. The van der Waals surface area contributed by atoms with Gasteiger partial charge in [-0.2, -0.15) is 5.10 Å². The number of carbonyl (C=O) groups is 1. The first kappa shape index (κ1) is 16.3. The number of nitrogens with one attached hydrogen (secondary N) is 2. The zero-order valence-electron chi connectivity index (χ0n) is 13.6. The summed E-state index contributed by atoms with van der Waals surface area (Å²) in [6.07, 6.45) is 8.42. The van der Waals surface area contributed by atoms with Crippen molar-refractivity contribution in [3.05, 3.63) is 54.4 Å². The number of aryl methyl sites for hydroxylation is 1. The monoisotopic (exact) mass is 326 g/mol. The standard InChI is InChI=1S/C18H22N4O2/c1-22-11-16(10-20-22)15-4-2-3-13(7-15)9-19-18(24)21-17-6-5-14(8-17)12-23/h2-7,10-11,14,17,23H,8-9,12H2,1H3,(H2,19,21,24)/t14-,17+/m0/s1. The number of carbonyl (C=O) groups excluding carboxylic acids is 1. The van der Waals surface area contributed by atoms with Crippen LogP contribution in [-0.4, -0.2) is 33.6 Å². The van der Waals surface area contributed by atoms with Gasteiger partial charge in [-0.15, -0.1) is 0 Å². The number of rotatable bonds is 5. The second-order valence-corrected chi connectivity index (χ2v) is 6.10. The molecular weight excluding hydrogens is 304 g/mol. The van der Waals surface area contributed by atoms with Crippen LogP contribution in [-0.2, 0) is 13.6 Å².